The highest BCUT2D eigenvalue weighted by Gasteiger charge is 2.15. The average Bonchev–Trinajstić information content (AvgIpc) is 3.08. The topological polar surface area (TPSA) is 156 Å². The Morgan fingerprint density at radius 1 is 0.604 bits per heavy atom. The molecule has 0 heterocycles. The van der Waals surface area contributed by atoms with E-state index in [0.29, 0.717) is 61.6 Å². The van der Waals surface area contributed by atoms with Crippen LogP contribution in [0.3, 0.4) is 0 Å². The number of unbranched alkanes of at least 4 members (excludes halogenated alkanes) is 2. The van der Waals surface area contributed by atoms with Crippen LogP contribution in [0.5, 0.6) is 17.2 Å². The number of ether oxygens (including phenoxy) is 5. The van der Waals surface area contributed by atoms with Crippen LogP contribution in [0.2, 0.25) is 0 Å². The van der Waals surface area contributed by atoms with Crippen molar-refractivity contribution >= 4 is 41.1 Å². The Morgan fingerprint density at radius 3 is 1.58 bits per heavy atom. The summed E-state index contributed by atoms with van der Waals surface area (Å²) in [5, 5.41) is 5.41. The van der Waals surface area contributed by atoms with Gasteiger partial charge in [0.1, 0.15) is 17.2 Å². The van der Waals surface area contributed by atoms with E-state index in [9.17, 15) is 24.0 Å². The average molecular weight is 659 g/mol. The van der Waals surface area contributed by atoms with E-state index in [-0.39, 0.29) is 36.1 Å². The summed E-state index contributed by atoms with van der Waals surface area (Å²) in [6.07, 6.45) is 4.84. The highest BCUT2D eigenvalue weighted by atomic mass is 16.5. The first-order valence-corrected chi connectivity index (χ1v) is 15.2. The van der Waals surface area contributed by atoms with Crippen LogP contribution in [0.4, 0.5) is 11.4 Å². The third kappa shape index (κ3) is 12.8. The van der Waals surface area contributed by atoms with Gasteiger partial charge < -0.3 is 34.3 Å². The maximum Gasteiger partial charge on any atom is 0.343 e. The molecular weight excluding hydrogens is 620 g/mol. The normalized spacial score (nSPS) is 10.2. The molecule has 252 valence electrons. The van der Waals surface area contributed by atoms with E-state index in [1.54, 1.807) is 48.5 Å². The minimum absolute atomic E-state index is 0.152. The fourth-order valence-electron chi connectivity index (χ4n) is 3.99. The van der Waals surface area contributed by atoms with Gasteiger partial charge in [-0.3, -0.25) is 9.59 Å². The Kier molecular flexibility index (Phi) is 14.9. The van der Waals surface area contributed by atoms with Gasteiger partial charge in [0.2, 0.25) is 5.91 Å². The Balaban J connectivity index is 1.52. The maximum atomic E-state index is 13.0. The number of carbonyl (C=O) groups excluding carboxylic acids is 5. The molecule has 3 rings (SSSR count). The molecule has 0 bridgehead atoms. The quantitative estimate of drug-likeness (QED) is 0.0689. The van der Waals surface area contributed by atoms with Crippen molar-refractivity contribution in [3.8, 4) is 17.2 Å². The van der Waals surface area contributed by atoms with E-state index in [1.165, 1.54) is 25.1 Å². The first-order valence-electron chi connectivity index (χ1n) is 15.2. The van der Waals surface area contributed by atoms with Crippen molar-refractivity contribution in [3.05, 3.63) is 103 Å². The highest BCUT2D eigenvalue weighted by Crippen LogP contribution is 2.29. The van der Waals surface area contributed by atoms with Gasteiger partial charge in [-0.2, -0.15) is 0 Å². The van der Waals surface area contributed by atoms with Gasteiger partial charge in [0.05, 0.1) is 43.4 Å². The Labute approximate surface area is 278 Å². The van der Waals surface area contributed by atoms with Crippen LogP contribution in [-0.4, -0.2) is 56.1 Å². The maximum absolute atomic E-state index is 13.0. The molecule has 0 radical (unpaired) electrons. The van der Waals surface area contributed by atoms with Gasteiger partial charge in [0, 0.05) is 30.7 Å². The first kappa shape index (κ1) is 36.6. The lowest BCUT2D eigenvalue weighted by Gasteiger charge is -2.14. The van der Waals surface area contributed by atoms with Crippen LogP contribution >= 0.6 is 0 Å². The summed E-state index contributed by atoms with van der Waals surface area (Å²) < 4.78 is 26.7. The minimum atomic E-state index is -0.630. The second-order valence-corrected chi connectivity index (χ2v) is 10.1. The molecule has 0 aliphatic rings. The predicted octanol–water partition coefficient (Wildman–Crippen LogP) is 5.89. The van der Waals surface area contributed by atoms with E-state index in [4.69, 9.17) is 23.7 Å². The third-order valence-electron chi connectivity index (χ3n) is 6.40. The van der Waals surface area contributed by atoms with Crippen LogP contribution in [0.1, 0.15) is 53.3 Å². The van der Waals surface area contributed by atoms with Crippen LogP contribution < -0.4 is 24.8 Å². The van der Waals surface area contributed by atoms with Crippen molar-refractivity contribution in [2.45, 2.75) is 32.6 Å². The number of hydrogen-bond donors (Lipinski definition) is 2. The lowest BCUT2D eigenvalue weighted by atomic mass is 10.2. The number of rotatable bonds is 19. The SMILES string of the molecule is C=CC(=O)OCCCCOc1ccc(C(=O)Nc2ccc(OC(=O)c3ccc(OCCCCOC(=O)C=C)cc3)cc2NC(C)=O)cc1. The van der Waals surface area contributed by atoms with Crippen molar-refractivity contribution < 1.29 is 47.7 Å². The van der Waals surface area contributed by atoms with Gasteiger partial charge in [-0.1, -0.05) is 13.2 Å². The Hall–Kier alpha value is -5.91. The van der Waals surface area contributed by atoms with Gasteiger partial charge >= 0.3 is 17.9 Å². The number of carbonyl (C=O) groups is 5. The van der Waals surface area contributed by atoms with Crippen molar-refractivity contribution in [3.63, 3.8) is 0 Å². The monoisotopic (exact) mass is 658 g/mol. The zero-order valence-electron chi connectivity index (χ0n) is 26.7. The molecule has 48 heavy (non-hydrogen) atoms. The van der Waals surface area contributed by atoms with Crippen molar-refractivity contribution in [1.82, 2.24) is 0 Å². The molecule has 12 heteroatoms. The Bertz CT molecular complexity index is 1580. The van der Waals surface area contributed by atoms with E-state index in [1.807, 2.05) is 0 Å². The highest BCUT2D eigenvalue weighted by molar-refractivity contribution is 6.07. The van der Waals surface area contributed by atoms with Crippen molar-refractivity contribution in [1.29, 1.82) is 0 Å². The predicted molar refractivity (Wildman–Crippen MR) is 178 cm³/mol. The molecule has 0 atom stereocenters. The summed E-state index contributed by atoms with van der Waals surface area (Å²) in [4.78, 5) is 59.7. The summed E-state index contributed by atoms with van der Waals surface area (Å²) in [5.41, 5.74) is 1.17. The van der Waals surface area contributed by atoms with E-state index in [0.717, 1.165) is 12.2 Å². The molecule has 2 amide bonds. The summed E-state index contributed by atoms with van der Waals surface area (Å²) in [7, 11) is 0. The van der Waals surface area contributed by atoms with Crippen molar-refractivity contribution in [2.75, 3.05) is 37.1 Å². The van der Waals surface area contributed by atoms with Gasteiger partial charge in [-0.05, 0) is 86.3 Å². The van der Waals surface area contributed by atoms with Crippen LogP contribution in [0, 0.1) is 0 Å². The standard InChI is InChI=1S/C36H38N2O10/c1-4-33(40)46-22-8-6-20-44-28-14-10-26(11-15-28)35(42)38-31-19-18-30(24-32(31)37-25(3)39)48-36(43)27-12-16-29(17-13-27)45-21-7-9-23-47-34(41)5-2/h4-5,10-19,24H,1-2,6-9,20-23H2,3H3,(H,37,39)(H,38,42). The molecule has 0 saturated carbocycles. The number of anilines is 2. The number of benzene rings is 3. The lowest BCUT2D eigenvalue weighted by molar-refractivity contribution is -0.138. The summed E-state index contributed by atoms with van der Waals surface area (Å²) >= 11 is 0. The molecule has 3 aromatic rings. The first-order chi connectivity index (χ1) is 23.2. The number of amides is 2. The molecule has 12 nitrogen and oxygen atoms in total. The molecule has 0 fully saturated rings. The molecule has 0 aliphatic carbocycles. The van der Waals surface area contributed by atoms with E-state index in [2.05, 4.69) is 23.8 Å². The van der Waals surface area contributed by atoms with Gasteiger partial charge in [0.25, 0.3) is 5.91 Å². The second-order valence-electron chi connectivity index (χ2n) is 10.1. The second kappa shape index (κ2) is 19.6. The van der Waals surface area contributed by atoms with Crippen LogP contribution in [-0.2, 0) is 23.9 Å². The van der Waals surface area contributed by atoms with E-state index >= 15 is 0 Å². The lowest BCUT2D eigenvalue weighted by Crippen LogP contribution is -2.16. The molecule has 3 aromatic carbocycles. The third-order valence-corrected chi connectivity index (χ3v) is 6.40. The zero-order valence-corrected chi connectivity index (χ0v) is 26.7. The fourth-order valence-corrected chi connectivity index (χ4v) is 3.99. The van der Waals surface area contributed by atoms with Crippen molar-refractivity contribution in [2.24, 2.45) is 0 Å². The fraction of sp³-hybridized carbons (Fsp3) is 0.250. The Morgan fingerprint density at radius 2 is 1.08 bits per heavy atom. The minimum Gasteiger partial charge on any atom is -0.494 e. The smallest absolute Gasteiger partial charge is 0.343 e. The molecular formula is C36H38N2O10. The van der Waals surface area contributed by atoms with Gasteiger partial charge in [0.15, 0.2) is 0 Å². The number of nitrogens with one attached hydrogen (secondary N) is 2. The van der Waals surface area contributed by atoms with Gasteiger partial charge in [-0.25, -0.2) is 14.4 Å². The molecule has 0 aromatic heterocycles. The van der Waals surface area contributed by atoms with Crippen LogP contribution in [0.15, 0.2) is 92.0 Å². The molecule has 0 unspecified atom stereocenters. The molecule has 0 spiro atoms. The molecule has 2 N–H and O–H groups in total. The summed E-state index contributed by atoms with van der Waals surface area (Å²) in [6.45, 7) is 9.37. The molecule has 0 aliphatic heterocycles. The molecule has 0 saturated heterocycles. The summed E-state index contributed by atoms with van der Waals surface area (Å²) in [6, 6.07) is 17.4. The number of hydrogen-bond acceptors (Lipinski definition) is 10. The number of esters is 3. The van der Waals surface area contributed by atoms with Crippen LogP contribution in [0.25, 0.3) is 0 Å². The largest absolute Gasteiger partial charge is 0.494 e. The van der Waals surface area contributed by atoms with Gasteiger partial charge in [-0.15, -0.1) is 0 Å². The summed E-state index contributed by atoms with van der Waals surface area (Å²) in [5.74, 6) is -1.09. The zero-order chi connectivity index (χ0) is 34.7. The van der Waals surface area contributed by atoms with E-state index < -0.39 is 23.8 Å².